The van der Waals surface area contributed by atoms with Crippen molar-refractivity contribution < 1.29 is 9.18 Å². The second kappa shape index (κ2) is 6.08. The largest absolute Gasteiger partial charge is 0.352 e. The standard InChI is InChI=1S/C16H18FN3O/c17-13-3-1-2-12(10-13)4-7-16(21)19-14-5-6-15-18-8-9-20(15)11-14/h1-3,8-10,14H,4-7,11H2,(H,19,21)/t14-/m1/s1. The van der Waals surface area contributed by atoms with Crippen LogP contribution in [0.1, 0.15) is 24.2 Å². The van der Waals surface area contributed by atoms with E-state index < -0.39 is 0 Å². The minimum Gasteiger partial charge on any atom is -0.352 e. The third-order valence-corrected chi connectivity index (χ3v) is 3.83. The van der Waals surface area contributed by atoms with Gasteiger partial charge in [-0.15, -0.1) is 0 Å². The number of imidazole rings is 1. The van der Waals surface area contributed by atoms with E-state index in [-0.39, 0.29) is 17.8 Å². The normalized spacial score (nSPS) is 17.3. The number of benzene rings is 1. The van der Waals surface area contributed by atoms with Gasteiger partial charge in [0.1, 0.15) is 11.6 Å². The molecule has 0 radical (unpaired) electrons. The fourth-order valence-electron chi connectivity index (χ4n) is 2.73. The van der Waals surface area contributed by atoms with Gasteiger partial charge in [0.05, 0.1) is 0 Å². The minimum atomic E-state index is -0.257. The van der Waals surface area contributed by atoms with Crippen LogP contribution in [0.25, 0.3) is 0 Å². The molecular formula is C16H18FN3O. The number of carbonyl (C=O) groups is 1. The van der Waals surface area contributed by atoms with Gasteiger partial charge in [-0.05, 0) is 30.5 Å². The molecule has 0 fully saturated rings. The molecule has 1 amide bonds. The van der Waals surface area contributed by atoms with Crippen LogP contribution in [-0.4, -0.2) is 21.5 Å². The number of hydrogen-bond donors (Lipinski definition) is 1. The van der Waals surface area contributed by atoms with E-state index in [1.165, 1.54) is 12.1 Å². The highest BCUT2D eigenvalue weighted by atomic mass is 19.1. The summed E-state index contributed by atoms with van der Waals surface area (Å²) in [5.41, 5.74) is 0.852. The molecule has 0 saturated heterocycles. The van der Waals surface area contributed by atoms with E-state index >= 15 is 0 Å². The Bertz CT molecular complexity index is 638. The monoisotopic (exact) mass is 287 g/mol. The number of fused-ring (bicyclic) bond motifs is 1. The number of amides is 1. The summed E-state index contributed by atoms with van der Waals surface area (Å²) in [7, 11) is 0. The minimum absolute atomic E-state index is 0.0211. The third-order valence-electron chi connectivity index (χ3n) is 3.83. The first kappa shape index (κ1) is 13.8. The summed E-state index contributed by atoms with van der Waals surface area (Å²) in [4.78, 5) is 16.3. The lowest BCUT2D eigenvalue weighted by molar-refractivity contribution is -0.122. The molecule has 110 valence electrons. The predicted octanol–water partition coefficient (Wildman–Crippen LogP) is 2.09. The number of carbonyl (C=O) groups excluding carboxylic acids is 1. The van der Waals surface area contributed by atoms with Gasteiger partial charge in [-0.1, -0.05) is 12.1 Å². The lowest BCUT2D eigenvalue weighted by atomic mass is 10.1. The van der Waals surface area contributed by atoms with E-state index in [9.17, 15) is 9.18 Å². The number of halogens is 1. The molecule has 0 bridgehead atoms. The highest BCUT2D eigenvalue weighted by Gasteiger charge is 2.20. The molecule has 0 saturated carbocycles. The van der Waals surface area contributed by atoms with Crippen LogP contribution in [0, 0.1) is 5.82 Å². The first-order valence-electron chi connectivity index (χ1n) is 7.24. The first-order valence-corrected chi connectivity index (χ1v) is 7.24. The van der Waals surface area contributed by atoms with Crippen LogP contribution in [-0.2, 0) is 24.2 Å². The molecule has 4 nitrogen and oxygen atoms in total. The number of aryl methyl sites for hydroxylation is 2. The van der Waals surface area contributed by atoms with Gasteiger partial charge in [0.15, 0.2) is 0 Å². The summed E-state index contributed by atoms with van der Waals surface area (Å²) in [5, 5.41) is 3.05. The van der Waals surface area contributed by atoms with Crippen LogP contribution in [0.2, 0.25) is 0 Å². The molecule has 2 aromatic rings. The molecule has 1 aromatic heterocycles. The van der Waals surface area contributed by atoms with Crippen molar-refractivity contribution in [3.8, 4) is 0 Å². The smallest absolute Gasteiger partial charge is 0.220 e. The molecule has 2 heterocycles. The summed E-state index contributed by atoms with van der Waals surface area (Å²) < 4.78 is 15.1. The predicted molar refractivity (Wildman–Crippen MR) is 77.2 cm³/mol. The van der Waals surface area contributed by atoms with Crippen molar-refractivity contribution in [2.75, 3.05) is 0 Å². The number of hydrogen-bond acceptors (Lipinski definition) is 2. The molecule has 1 aliphatic rings. The molecule has 0 unspecified atom stereocenters. The van der Waals surface area contributed by atoms with E-state index in [1.807, 2.05) is 12.3 Å². The molecule has 1 N–H and O–H groups in total. The quantitative estimate of drug-likeness (QED) is 0.936. The van der Waals surface area contributed by atoms with Crippen LogP contribution in [0.4, 0.5) is 4.39 Å². The Kier molecular flexibility index (Phi) is 3.99. The van der Waals surface area contributed by atoms with Crippen LogP contribution < -0.4 is 5.32 Å². The second-order valence-corrected chi connectivity index (χ2v) is 5.43. The molecule has 1 aliphatic heterocycles. The molecule has 1 atom stereocenters. The first-order chi connectivity index (χ1) is 10.2. The fourth-order valence-corrected chi connectivity index (χ4v) is 2.73. The van der Waals surface area contributed by atoms with Gasteiger partial charge in [0.2, 0.25) is 5.91 Å². The molecule has 0 aliphatic carbocycles. The average molecular weight is 287 g/mol. The maximum Gasteiger partial charge on any atom is 0.220 e. The van der Waals surface area contributed by atoms with E-state index in [4.69, 9.17) is 0 Å². The fraction of sp³-hybridized carbons (Fsp3) is 0.375. The summed E-state index contributed by atoms with van der Waals surface area (Å²) in [5.74, 6) is 0.848. The van der Waals surface area contributed by atoms with Crippen molar-refractivity contribution in [3.63, 3.8) is 0 Å². The summed E-state index contributed by atoms with van der Waals surface area (Å²) in [6, 6.07) is 6.56. The molecule has 0 spiro atoms. The van der Waals surface area contributed by atoms with Gasteiger partial charge >= 0.3 is 0 Å². The van der Waals surface area contributed by atoms with Gasteiger partial charge in [-0.2, -0.15) is 0 Å². The Morgan fingerprint density at radius 3 is 3.24 bits per heavy atom. The zero-order chi connectivity index (χ0) is 14.7. The Labute approximate surface area is 123 Å². The molecule has 5 heteroatoms. The third kappa shape index (κ3) is 3.48. The molecule has 1 aromatic carbocycles. The highest BCUT2D eigenvalue weighted by molar-refractivity contribution is 5.76. The van der Waals surface area contributed by atoms with E-state index in [1.54, 1.807) is 12.3 Å². The average Bonchev–Trinajstić information content (AvgIpc) is 2.93. The van der Waals surface area contributed by atoms with Crippen molar-refractivity contribution in [1.82, 2.24) is 14.9 Å². The van der Waals surface area contributed by atoms with Crippen LogP contribution in [0.5, 0.6) is 0 Å². The topological polar surface area (TPSA) is 46.9 Å². The second-order valence-electron chi connectivity index (χ2n) is 5.43. The van der Waals surface area contributed by atoms with Crippen molar-refractivity contribution >= 4 is 5.91 Å². The van der Waals surface area contributed by atoms with Gasteiger partial charge in [-0.25, -0.2) is 9.37 Å². The van der Waals surface area contributed by atoms with Crippen molar-refractivity contribution in [1.29, 1.82) is 0 Å². The van der Waals surface area contributed by atoms with Crippen LogP contribution >= 0.6 is 0 Å². The van der Waals surface area contributed by atoms with Crippen LogP contribution in [0.15, 0.2) is 36.7 Å². The number of nitrogens with one attached hydrogen (secondary N) is 1. The van der Waals surface area contributed by atoms with Crippen molar-refractivity contribution in [2.24, 2.45) is 0 Å². The zero-order valence-electron chi connectivity index (χ0n) is 11.8. The van der Waals surface area contributed by atoms with E-state index in [0.29, 0.717) is 12.8 Å². The Balaban J connectivity index is 1.49. The number of nitrogens with zero attached hydrogens (tertiary/aromatic N) is 2. The van der Waals surface area contributed by atoms with Gasteiger partial charge < -0.3 is 9.88 Å². The van der Waals surface area contributed by atoms with Gasteiger partial charge in [0, 0.05) is 37.8 Å². The molecule has 21 heavy (non-hydrogen) atoms. The maximum absolute atomic E-state index is 13.1. The maximum atomic E-state index is 13.1. The Hall–Kier alpha value is -2.17. The summed E-state index contributed by atoms with van der Waals surface area (Å²) in [6.07, 6.45) is 6.50. The van der Waals surface area contributed by atoms with Gasteiger partial charge in [-0.3, -0.25) is 4.79 Å². The lowest BCUT2D eigenvalue weighted by Crippen LogP contribution is -2.40. The SMILES string of the molecule is O=C(CCc1cccc(F)c1)N[C@@H]1CCc2nccn2C1. The van der Waals surface area contributed by atoms with Crippen molar-refractivity contribution in [3.05, 3.63) is 53.9 Å². The van der Waals surface area contributed by atoms with E-state index in [2.05, 4.69) is 14.9 Å². The Morgan fingerprint density at radius 1 is 1.48 bits per heavy atom. The summed E-state index contributed by atoms with van der Waals surface area (Å²) >= 11 is 0. The zero-order valence-corrected chi connectivity index (χ0v) is 11.8. The van der Waals surface area contributed by atoms with E-state index in [0.717, 1.165) is 30.8 Å². The van der Waals surface area contributed by atoms with Crippen LogP contribution in [0.3, 0.4) is 0 Å². The summed E-state index contributed by atoms with van der Waals surface area (Å²) in [6.45, 7) is 0.779. The lowest BCUT2D eigenvalue weighted by Gasteiger charge is -2.24. The number of aromatic nitrogens is 2. The highest BCUT2D eigenvalue weighted by Crippen LogP contribution is 2.13. The Morgan fingerprint density at radius 2 is 2.38 bits per heavy atom. The van der Waals surface area contributed by atoms with Gasteiger partial charge in [0.25, 0.3) is 0 Å². The number of rotatable bonds is 4. The molecule has 3 rings (SSSR count). The molecular weight excluding hydrogens is 269 g/mol. The van der Waals surface area contributed by atoms with Crippen molar-refractivity contribution in [2.45, 2.75) is 38.3 Å².